The number of benzene rings is 1. The Morgan fingerprint density at radius 2 is 2.27 bits per heavy atom. The number of carbonyl (C=O) groups is 1. The van der Waals surface area contributed by atoms with Gasteiger partial charge in [0.15, 0.2) is 0 Å². The van der Waals surface area contributed by atoms with Gasteiger partial charge in [0.05, 0.1) is 17.0 Å². The van der Waals surface area contributed by atoms with E-state index in [1.165, 1.54) is 6.42 Å². The maximum atomic E-state index is 12.8. The fraction of sp³-hybridized carbons (Fsp3) is 0.562. The van der Waals surface area contributed by atoms with Crippen LogP contribution in [0.5, 0.6) is 5.75 Å². The third-order valence-electron chi connectivity index (χ3n) is 4.90. The largest absolute Gasteiger partial charge is 0.496 e. The van der Waals surface area contributed by atoms with Crippen LogP contribution >= 0.6 is 28.3 Å². The average Bonchev–Trinajstić information content (AvgIpc) is 2.92. The van der Waals surface area contributed by atoms with Crippen LogP contribution in [-0.4, -0.2) is 26.1 Å². The molecule has 1 aliphatic carbocycles. The molecule has 2 N–H and O–H groups in total. The Morgan fingerprint density at radius 1 is 1.45 bits per heavy atom. The molecule has 2 fully saturated rings. The summed E-state index contributed by atoms with van der Waals surface area (Å²) in [5.41, 5.74) is 0.600. The number of hydrogen-bond acceptors (Lipinski definition) is 3. The van der Waals surface area contributed by atoms with Gasteiger partial charge in [-0.05, 0) is 59.4 Å². The van der Waals surface area contributed by atoms with Crippen molar-refractivity contribution in [3.8, 4) is 5.75 Å². The molecule has 1 aromatic carbocycles. The van der Waals surface area contributed by atoms with Crippen LogP contribution in [0.2, 0.25) is 0 Å². The Kier molecular flexibility index (Phi) is 5.75. The van der Waals surface area contributed by atoms with Gasteiger partial charge >= 0.3 is 0 Å². The molecular formula is C16H22BrClN2O2. The number of anilines is 1. The van der Waals surface area contributed by atoms with Gasteiger partial charge in [0.2, 0.25) is 5.91 Å². The fourth-order valence-electron chi connectivity index (χ4n) is 3.69. The molecule has 1 aromatic rings. The molecule has 22 heavy (non-hydrogen) atoms. The summed E-state index contributed by atoms with van der Waals surface area (Å²) in [7, 11) is 1.63. The van der Waals surface area contributed by atoms with E-state index in [0.717, 1.165) is 48.3 Å². The minimum atomic E-state index is -0.218. The monoisotopic (exact) mass is 388 g/mol. The van der Waals surface area contributed by atoms with Gasteiger partial charge < -0.3 is 15.4 Å². The van der Waals surface area contributed by atoms with Crippen LogP contribution in [0.15, 0.2) is 22.7 Å². The van der Waals surface area contributed by atoms with Crippen molar-refractivity contribution < 1.29 is 9.53 Å². The lowest BCUT2D eigenvalue weighted by atomic mass is 9.67. The lowest BCUT2D eigenvalue weighted by Gasteiger charge is -2.37. The number of nitrogens with one attached hydrogen (secondary N) is 2. The first kappa shape index (κ1) is 17.6. The van der Waals surface area contributed by atoms with E-state index in [1.807, 2.05) is 18.2 Å². The molecule has 122 valence electrons. The predicted molar refractivity (Wildman–Crippen MR) is 93.8 cm³/mol. The van der Waals surface area contributed by atoms with E-state index < -0.39 is 0 Å². The quantitative estimate of drug-likeness (QED) is 0.830. The zero-order valence-corrected chi connectivity index (χ0v) is 15.1. The second kappa shape index (κ2) is 7.20. The molecular weight excluding hydrogens is 368 g/mol. The van der Waals surface area contributed by atoms with Crippen molar-refractivity contribution in [1.29, 1.82) is 0 Å². The minimum Gasteiger partial charge on any atom is -0.496 e. The molecule has 1 saturated carbocycles. The molecule has 0 radical (unpaired) electrons. The van der Waals surface area contributed by atoms with Crippen molar-refractivity contribution in [1.82, 2.24) is 5.32 Å². The van der Waals surface area contributed by atoms with Crippen LogP contribution in [0.1, 0.15) is 25.7 Å². The molecule has 0 spiro atoms. The van der Waals surface area contributed by atoms with E-state index in [-0.39, 0.29) is 23.7 Å². The molecule has 0 bridgehead atoms. The van der Waals surface area contributed by atoms with Gasteiger partial charge in [0.25, 0.3) is 0 Å². The van der Waals surface area contributed by atoms with E-state index in [0.29, 0.717) is 5.92 Å². The van der Waals surface area contributed by atoms with Crippen molar-refractivity contribution in [2.45, 2.75) is 25.7 Å². The number of amides is 1. The molecule has 3 rings (SSSR count). The number of ether oxygens (including phenoxy) is 1. The van der Waals surface area contributed by atoms with Gasteiger partial charge in [-0.25, -0.2) is 0 Å². The molecule has 1 heterocycles. The molecule has 2 aliphatic rings. The summed E-state index contributed by atoms with van der Waals surface area (Å²) in [6.45, 7) is 1.78. The number of rotatable bonds is 3. The van der Waals surface area contributed by atoms with E-state index in [1.54, 1.807) is 7.11 Å². The fourth-order valence-corrected chi connectivity index (χ4v) is 4.23. The first-order valence-corrected chi connectivity index (χ1v) is 8.31. The van der Waals surface area contributed by atoms with Gasteiger partial charge in [-0.1, -0.05) is 12.8 Å². The highest BCUT2D eigenvalue weighted by molar-refractivity contribution is 9.10. The van der Waals surface area contributed by atoms with Gasteiger partial charge in [0.1, 0.15) is 5.75 Å². The van der Waals surface area contributed by atoms with Gasteiger partial charge in [0, 0.05) is 12.2 Å². The molecule has 1 aliphatic heterocycles. The van der Waals surface area contributed by atoms with Gasteiger partial charge in [-0.15, -0.1) is 12.4 Å². The van der Waals surface area contributed by atoms with Crippen molar-refractivity contribution in [2.24, 2.45) is 11.3 Å². The van der Waals surface area contributed by atoms with Gasteiger partial charge in [-0.2, -0.15) is 0 Å². The maximum absolute atomic E-state index is 12.8. The van der Waals surface area contributed by atoms with E-state index in [9.17, 15) is 4.79 Å². The first-order chi connectivity index (χ1) is 10.2. The standard InChI is InChI=1S/C16H21BrN2O2.ClH/c1-21-14-6-5-12(8-13(14)17)19-15(20)16-7-3-2-4-11(16)9-18-10-16;/h5-6,8,11,18H,2-4,7,9-10H2,1H3,(H,19,20);1H/t11-,16+;/m0./s1. The highest BCUT2D eigenvalue weighted by Gasteiger charge is 2.49. The lowest BCUT2D eigenvalue weighted by Crippen LogP contribution is -2.44. The van der Waals surface area contributed by atoms with Crippen molar-refractivity contribution in [2.75, 3.05) is 25.5 Å². The minimum absolute atomic E-state index is 0. The third-order valence-corrected chi connectivity index (χ3v) is 5.52. The SMILES string of the molecule is COc1ccc(NC(=O)[C@@]23CCCC[C@H]2CNC3)cc1Br.Cl. The second-order valence-electron chi connectivity index (χ2n) is 6.03. The number of halogens is 2. The van der Waals surface area contributed by atoms with E-state index in [2.05, 4.69) is 26.6 Å². The molecule has 0 unspecified atom stereocenters. The summed E-state index contributed by atoms with van der Waals surface area (Å²) in [5, 5.41) is 6.51. The average molecular weight is 390 g/mol. The Balaban J connectivity index is 0.00000176. The van der Waals surface area contributed by atoms with Crippen LogP contribution in [0, 0.1) is 11.3 Å². The number of hydrogen-bond donors (Lipinski definition) is 2. The number of methoxy groups -OCH3 is 1. The summed E-state index contributed by atoms with van der Waals surface area (Å²) < 4.78 is 6.07. The summed E-state index contributed by atoms with van der Waals surface area (Å²) in [4.78, 5) is 12.8. The van der Waals surface area contributed by atoms with Crippen molar-refractivity contribution >= 4 is 39.9 Å². The first-order valence-electron chi connectivity index (χ1n) is 7.51. The van der Waals surface area contributed by atoms with Crippen LogP contribution in [-0.2, 0) is 4.79 Å². The lowest BCUT2D eigenvalue weighted by molar-refractivity contribution is -0.128. The summed E-state index contributed by atoms with van der Waals surface area (Å²) >= 11 is 3.46. The third kappa shape index (κ3) is 3.12. The zero-order valence-electron chi connectivity index (χ0n) is 12.7. The van der Waals surface area contributed by atoms with Crippen LogP contribution in [0.4, 0.5) is 5.69 Å². The molecule has 0 aromatic heterocycles. The van der Waals surface area contributed by atoms with Crippen molar-refractivity contribution in [3.05, 3.63) is 22.7 Å². The van der Waals surface area contributed by atoms with Crippen LogP contribution in [0.25, 0.3) is 0 Å². The van der Waals surface area contributed by atoms with E-state index >= 15 is 0 Å². The Morgan fingerprint density at radius 3 is 3.00 bits per heavy atom. The normalized spacial score (nSPS) is 26.7. The zero-order chi connectivity index (χ0) is 14.9. The topological polar surface area (TPSA) is 50.4 Å². The van der Waals surface area contributed by atoms with Crippen LogP contribution < -0.4 is 15.4 Å². The molecule has 1 amide bonds. The van der Waals surface area contributed by atoms with E-state index in [4.69, 9.17) is 4.74 Å². The molecule has 4 nitrogen and oxygen atoms in total. The van der Waals surface area contributed by atoms with Crippen LogP contribution in [0.3, 0.4) is 0 Å². The Labute approximate surface area is 145 Å². The van der Waals surface area contributed by atoms with Crippen molar-refractivity contribution in [3.63, 3.8) is 0 Å². The highest BCUT2D eigenvalue weighted by atomic mass is 79.9. The Bertz CT molecular complexity index is 555. The summed E-state index contributed by atoms with van der Waals surface area (Å²) in [6, 6.07) is 5.65. The predicted octanol–water partition coefficient (Wildman–Crippen LogP) is 3.60. The molecule has 6 heteroatoms. The molecule has 1 saturated heterocycles. The smallest absolute Gasteiger partial charge is 0.232 e. The highest BCUT2D eigenvalue weighted by Crippen LogP contribution is 2.44. The summed E-state index contributed by atoms with van der Waals surface area (Å²) in [6.07, 6.45) is 4.55. The second-order valence-corrected chi connectivity index (χ2v) is 6.89. The molecule has 2 atom stereocenters. The number of fused-ring (bicyclic) bond motifs is 1. The Hall–Kier alpha value is -0.780. The maximum Gasteiger partial charge on any atom is 0.232 e. The van der Waals surface area contributed by atoms with Gasteiger partial charge in [-0.3, -0.25) is 4.79 Å². The number of carbonyl (C=O) groups excluding carboxylic acids is 1. The summed E-state index contributed by atoms with van der Waals surface area (Å²) in [5.74, 6) is 1.41.